The molecule has 0 aromatic heterocycles. The molecule has 0 aromatic carbocycles. The molecule has 1 fully saturated rings. The first-order valence-electron chi connectivity index (χ1n) is 4.60. The summed E-state index contributed by atoms with van der Waals surface area (Å²) in [5.41, 5.74) is 0. The molecule has 0 spiro atoms. The Morgan fingerprint density at radius 2 is 2.08 bits per heavy atom. The fourth-order valence-electron chi connectivity index (χ4n) is 1.58. The summed E-state index contributed by atoms with van der Waals surface area (Å²) in [4.78, 5) is 0. The molecule has 1 aliphatic rings. The van der Waals surface area contributed by atoms with E-state index in [-0.39, 0.29) is 4.66 Å². The van der Waals surface area contributed by atoms with Crippen LogP contribution in [0.5, 0.6) is 0 Å². The first-order chi connectivity index (χ1) is 6.06. The van der Waals surface area contributed by atoms with Gasteiger partial charge in [0.05, 0.1) is 0 Å². The molecule has 78 valence electrons. The lowest BCUT2D eigenvalue weighted by atomic mass is 10.0. The predicted molar refractivity (Wildman–Crippen MR) is 57.3 cm³/mol. The summed E-state index contributed by atoms with van der Waals surface area (Å²) in [7, 11) is -3.02. The zero-order chi connectivity index (χ0) is 9.90. The van der Waals surface area contributed by atoms with E-state index < -0.39 is 10.0 Å². The SMILES string of the molecule is CC1CCCN(S(=O)(=O)CBr)CC1. The molecule has 1 unspecified atom stereocenters. The zero-order valence-electron chi connectivity index (χ0n) is 7.87. The molecule has 1 atom stereocenters. The van der Waals surface area contributed by atoms with Crippen LogP contribution in [0.1, 0.15) is 26.2 Å². The molecular formula is C8H16BrNO2S. The second-order valence-electron chi connectivity index (χ2n) is 3.66. The Kier molecular flexibility index (Phi) is 4.19. The average Bonchev–Trinajstić information content (AvgIpc) is 2.30. The summed E-state index contributed by atoms with van der Waals surface area (Å²) < 4.78 is 24.6. The zero-order valence-corrected chi connectivity index (χ0v) is 10.3. The first-order valence-corrected chi connectivity index (χ1v) is 7.33. The number of hydrogen-bond acceptors (Lipinski definition) is 2. The fourth-order valence-corrected chi connectivity index (χ4v) is 3.38. The van der Waals surface area contributed by atoms with Crippen LogP contribution in [0.3, 0.4) is 0 Å². The largest absolute Gasteiger partial charge is 0.224 e. The fraction of sp³-hybridized carbons (Fsp3) is 1.00. The molecule has 5 heteroatoms. The van der Waals surface area contributed by atoms with E-state index in [4.69, 9.17) is 0 Å². The molecule has 1 heterocycles. The second-order valence-corrected chi connectivity index (χ2v) is 6.93. The maximum absolute atomic E-state index is 11.5. The van der Waals surface area contributed by atoms with Crippen molar-refractivity contribution in [2.24, 2.45) is 5.92 Å². The van der Waals surface area contributed by atoms with Gasteiger partial charge in [-0.05, 0) is 25.2 Å². The van der Waals surface area contributed by atoms with E-state index in [1.807, 2.05) is 0 Å². The van der Waals surface area contributed by atoms with Crippen LogP contribution in [0.2, 0.25) is 0 Å². The Bertz CT molecular complexity index is 253. The van der Waals surface area contributed by atoms with Gasteiger partial charge in [0.15, 0.2) is 0 Å². The molecule has 1 saturated heterocycles. The van der Waals surface area contributed by atoms with Crippen LogP contribution in [0.15, 0.2) is 0 Å². The highest BCUT2D eigenvalue weighted by atomic mass is 79.9. The van der Waals surface area contributed by atoms with Crippen molar-refractivity contribution in [2.75, 3.05) is 17.8 Å². The topological polar surface area (TPSA) is 37.4 Å². The van der Waals surface area contributed by atoms with Gasteiger partial charge in [-0.3, -0.25) is 0 Å². The third kappa shape index (κ3) is 3.22. The number of hydrogen-bond donors (Lipinski definition) is 0. The van der Waals surface area contributed by atoms with Crippen LogP contribution < -0.4 is 0 Å². The Morgan fingerprint density at radius 1 is 1.38 bits per heavy atom. The molecule has 0 N–H and O–H groups in total. The molecular weight excluding hydrogens is 254 g/mol. The quantitative estimate of drug-likeness (QED) is 0.717. The molecule has 1 rings (SSSR count). The number of nitrogens with zero attached hydrogens (tertiary/aromatic N) is 1. The predicted octanol–water partition coefficient (Wildman–Crippen LogP) is 1.79. The average molecular weight is 270 g/mol. The van der Waals surface area contributed by atoms with Crippen LogP contribution in [-0.4, -0.2) is 30.5 Å². The third-order valence-corrected chi connectivity index (χ3v) is 5.67. The van der Waals surface area contributed by atoms with Gasteiger partial charge in [0.25, 0.3) is 0 Å². The molecule has 0 radical (unpaired) electrons. The smallest absolute Gasteiger partial charge is 0.211 e. The molecule has 0 aliphatic carbocycles. The van der Waals surface area contributed by atoms with Gasteiger partial charge in [0, 0.05) is 13.1 Å². The third-order valence-electron chi connectivity index (χ3n) is 2.51. The van der Waals surface area contributed by atoms with Crippen LogP contribution in [0.4, 0.5) is 0 Å². The molecule has 0 bridgehead atoms. The van der Waals surface area contributed by atoms with Gasteiger partial charge in [0.2, 0.25) is 10.0 Å². The normalized spacial score (nSPS) is 27.1. The van der Waals surface area contributed by atoms with Gasteiger partial charge in [0.1, 0.15) is 4.66 Å². The van der Waals surface area contributed by atoms with Gasteiger partial charge < -0.3 is 0 Å². The van der Waals surface area contributed by atoms with Gasteiger partial charge in [-0.15, -0.1) is 0 Å². The maximum Gasteiger partial charge on any atom is 0.224 e. The van der Waals surface area contributed by atoms with E-state index in [9.17, 15) is 8.42 Å². The lowest BCUT2D eigenvalue weighted by Gasteiger charge is -2.18. The molecule has 0 aromatic rings. The van der Waals surface area contributed by atoms with Crippen molar-refractivity contribution in [3.63, 3.8) is 0 Å². The Hall–Kier alpha value is 0.390. The lowest BCUT2D eigenvalue weighted by molar-refractivity contribution is 0.420. The summed E-state index contributed by atoms with van der Waals surface area (Å²) in [6.07, 6.45) is 3.13. The van der Waals surface area contributed by atoms with Gasteiger partial charge in [-0.25, -0.2) is 12.7 Å². The van der Waals surface area contributed by atoms with E-state index in [0.29, 0.717) is 19.0 Å². The molecule has 1 aliphatic heterocycles. The van der Waals surface area contributed by atoms with E-state index >= 15 is 0 Å². The van der Waals surface area contributed by atoms with Gasteiger partial charge in [-0.2, -0.15) is 0 Å². The number of sulfonamides is 1. The van der Waals surface area contributed by atoms with Crippen molar-refractivity contribution in [1.82, 2.24) is 4.31 Å². The minimum absolute atomic E-state index is 0.0500. The van der Waals surface area contributed by atoms with Crippen molar-refractivity contribution >= 4 is 26.0 Å². The van der Waals surface area contributed by atoms with E-state index in [0.717, 1.165) is 19.3 Å². The molecule has 3 nitrogen and oxygen atoms in total. The number of alkyl halides is 1. The molecule has 13 heavy (non-hydrogen) atoms. The first kappa shape index (κ1) is 11.5. The summed E-state index contributed by atoms with van der Waals surface area (Å²) >= 11 is 3.02. The highest BCUT2D eigenvalue weighted by molar-refractivity contribution is 9.10. The van der Waals surface area contributed by atoms with Crippen molar-refractivity contribution in [3.05, 3.63) is 0 Å². The number of halogens is 1. The second kappa shape index (κ2) is 4.75. The highest BCUT2D eigenvalue weighted by Gasteiger charge is 2.23. The number of rotatable bonds is 2. The van der Waals surface area contributed by atoms with E-state index in [1.165, 1.54) is 0 Å². The van der Waals surface area contributed by atoms with Crippen LogP contribution in [-0.2, 0) is 10.0 Å². The van der Waals surface area contributed by atoms with Crippen LogP contribution >= 0.6 is 15.9 Å². The lowest BCUT2D eigenvalue weighted by Crippen LogP contribution is -2.32. The minimum Gasteiger partial charge on any atom is -0.211 e. The summed E-state index contributed by atoms with van der Waals surface area (Å²) in [5, 5.41) is 0. The Balaban J connectivity index is 2.61. The molecule has 0 saturated carbocycles. The maximum atomic E-state index is 11.5. The van der Waals surface area contributed by atoms with Crippen molar-refractivity contribution in [2.45, 2.75) is 26.2 Å². The van der Waals surface area contributed by atoms with Crippen LogP contribution in [0, 0.1) is 5.92 Å². The highest BCUT2D eigenvalue weighted by Crippen LogP contribution is 2.19. The van der Waals surface area contributed by atoms with Gasteiger partial charge in [-0.1, -0.05) is 22.9 Å². The summed E-state index contributed by atoms with van der Waals surface area (Å²) in [5.74, 6) is 0.663. The summed E-state index contributed by atoms with van der Waals surface area (Å²) in [6.45, 7) is 3.57. The molecule has 0 amide bonds. The van der Waals surface area contributed by atoms with Crippen LogP contribution in [0.25, 0.3) is 0 Å². The monoisotopic (exact) mass is 269 g/mol. The van der Waals surface area contributed by atoms with E-state index in [2.05, 4.69) is 22.9 Å². The van der Waals surface area contributed by atoms with Crippen molar-refractivity contribution in [1.29, 1.82) is 0 Å². The Morgan fingerprint density at radius 3 is 2.69 bits per heavy atom. The summed E-state index contributed by atoms with van der Waals surface area (Å²) in [6, 6.07) is 0. The van der Waals surface area contributed by atoms with E-state index in [1.54, 1.807) is 4.31 Å². The van der Waals surface area contributed by atoms with Crippen molar-refractivity contribution < 1.29 is 8.42 Å². The minimum atomic E-state index is -3.02. The Labute approximate surface area is 88.7 Å². The van der Waals surface area contributed by atoms with Crippen molar-refractivity contribution in [3.8, 4) is 0 Å². The van der Waals surface area contributed by atoms with Gasteiger partial charge >= 0.3 is 0 Å². The standard InChI is InChI=1S/C8H16BrNO2S/c1-8-3-2-5-10(6-4-8)13(11,12)7-9/h8H,2-7H2,1H3.